The summed E-state index contributed by atoms with van der Waals surface area (Å²) in [5.41, 5.74) is 2.70. The van der Waals surface area contributed by atoms with Crippen LogP contribution in [-0.2, 0) is 16.0 Å². The SMILES string of the molecule is C[C@]12CC[C@@H]3c4ccc(OC=O)cc4CCC3[C@@H]1CCC2=O. The standard InChI is InChI=1S/C19H22O3/c1-19-9-8-15-14-5-3-13(22-11-20)10-12(14)2-4-16(15)17(19)6-7-18(19)21/h3,5,10-11,15-17H,2,4,6-9H2,1H3/t15-,16?,17+,19+/m1/s1. The van der Waals surface area contributed by atoms with Crippen LogP contribution in [0, 0.1) is 17.3 Å². The molecule has 116 valence electrons. The zero-order valence-corrected chi connectivity index (χ0v) is 13.0. The molecule has 4 rings (SSSR count). The molecule has 3 heteroatoms. The first-order valence-electron chi connectivity index (χ1n) is 8.40. The molecule has 0 saturated heterocycles. The average molecular weight is 298 g/mol. The Labute approximate surface area is 131 Å². The third-order valence-electron chi connectivity index (χ3n) is 6.59. The summed E-state index contributed by atoms with van der Waals surface area (Å²) in [6.07, 6.45) is 6.21. The molecule has 3 aliphatic rings. The van der Waals surface area contributed by atoms with Crippen LogP contribution in [0.15, 0.2) is 18.2 Å². The van der Waals surface area contributed by atoms with Gasteiger partial charge >= 0.3 is 0 Å². The van der Waals surface area contributed by atoms with Gasteiger partial charge in [-0.3, -0.25) is 9.59 Å². The number of benzene rings is 1. The zero-order valence-electron chi connectivity index (χ0n) is 13.0. The molecule has 0 spiro atoms. The van der Waals surface area contributed by atoms with Gasteiger partial charge in [-0.1, -0.05) is 13.0 Å². The van der Waals surface area contributed by atoms with E-state index in [9.17, 15) is 9.59 Å². The number of carbonyl (C=O) groups excluding carboxylic acids is 2. The maximum atomic E-state index is 12.3. The first-order chi connectivity index (χ1) is 10.6. The van der Waals surface area contributed by atoms with E-state index in [1.807, 2.05) is 12.1 Å². The van der Waals surface area contributed by atoms with E-state index < -0.39 is 0 Å². The lowest BCUT2D eigenvalue weighted by Gasteiger charge is -2.48. The Hall–Kier alpha value is -1.64. The fourth-order valence-electron chi connectivity index (χ4n) is 5.46. The number of carbonyl (C=O) groups is 2. The third kappa shape index (κ3) is 1.87. The first-order valence-corrected chi connectivity index (χ1v) is 8.40. The monoisotopic (exact) mass is 298 g/mol. The molecular weight excluding hydrogens is 276 g/mol. The minimum absolute atomic E-state index is 0.0563. The minimum Gasteiger partial charge on any atom is -0.429 e. The van der Waals surface area contributed by atoms with Crippen LogP contribution in [0.2, 0.25) is 0 Å². The molecule has 1 aromatic carbocycles. The Kier molecular flexibility index (Phi) is 3.14. The van der Waals surface area contributed by atoms with Crippen molar-refractivity contribution in [1.29, 1.82) is 0 Å². The molecule has 0 radical (unpaired) electrons. The molecule has 3 nitrogen and oxygen atoms in total. The van der Waals surface area contributed by atoms with Gasteiger partial charge in [-0.2, -0.15) is 0 Å². The lowest BCUT2D eigenvalue weighted by Crippen LogP contribution is -2.42. The van der Waals surface area contributed by atoms with Gasteiger partial charge in [-0.25, -0.2) is 0 Å². The van der Waals surface area contributed by atoms with Crippen LogP contribution in [0.5, 0.6) is 5.75 Å². The van der Waals surface area contributed by atoms with Crippen molar-refractivity contribution in [2.24, 2.45) is 17.3 Å². The zero-order chi connectivity index (χ0) is 15.3. The fraction of sp³-hybridized carbons (Fsp3) is 0.579. The second-order valence-corrected chi connectivity index (χ2v) is 7.41. The largest absolute Gasteiger partial charge is 0.429 e. The van der Waals surface area contributed by atoms with E-state index in [0.29, 0.717) is 35.8 Å². The van der Waals surface area contributed by atoms with Gasteiger partial charge < -0.3 is 4.74 Å². The summed E-state index contributed by atoms with van der Waals surface area (Å²) >= 11 is 0. The van der Waals surface area contributed by atoms with Crippen molar-refractivity contribution in [2.75, 3.05) is 0 Å². The topological polar surface area (TPSA) is 43.4 Å². The normalized spacial score (nSPS) is 36.2. The molecule has 1 aromatic rings. The first kappa shape index (κ1) is 14.0. The smallest absolute Gasteiger partial charge is 0.298 e. The van der Waals surface area contributed by atoms with Gasteiger partial charge in [0.1, 0.15) is 11.5 Å². The maximum absolute atomic E-state index is 12.3. The van der Waals surface area contributed by atoms with Gasteiger partial charge in [0.05, 0.1) is 0 Å². The molecular formula is C19H22O3. The number of ether oxygens (including phenoxy) is 1. The number of rotatable bonds is 2. The predicted octanol–water partition coefficient (Wildman–Crippen LogP) is 3.65. The predicted molar refractivity (Wildman–Crippen MR) is 82.8 cm³/mol. The maximum Gasteiger partial charge on any atom is 0.298 e. The molecule has 0 amide bonds. The van der Waals surface area contributed by atoms with Crippen LogP contribution in [-0.4, -0.2) is 12.3 Å². The number of ketones is 1. The quantitative estimate of drug-likeness (QED) is 0.783. The second kappa shape index (κ2) is 4.94. The van der Waals surface area contributed by atoms with Gasteiger partial charge in [0, 0.05) is 11.8 Å². The summed E-state index contributed by atoms with van der Waals surface area (Å²) in [6.45, 7) is 2.70. The Morgan fingerprint density at radius 2 is 2.09 bits per heavy atom. The van der Waals surface area contributed by atoms with Crippen LogP contribution in [0.1, 0.15) is 56.1 Å². The summed E-state index contributed by atoms with van der Waals surface area (Å²) < 4.78 is 4.98. The molecule has 3 aliphatic carbocycles. The molecule has 0 bridgehead atoms. The lowest BCUT2D eigenvalue weighted by atomic mass is 9.55. The molecule has 0 N–H and O–H groups in total. The Morgan fingerprint density at radius 3 is 2.91 bits per heavy atom. The number of aryl methyl sites for hydroxylation is 1. The van der Waals surface area contributed by atoms with Crippen LogP contribution < -0.4 is 4.74 Å². The van der Waals surface area contributed by atoms with Crippen molar-refractivity contribution in [1.82, 2.24) is 0 Å². The van der Waals surface area contributed by atoms with Crippen LogP contribution in [0.4, 0.5) is 0 Å². The summed E-state index contributed by atoms with van der Waals surface area (Å²) in [6, 6.07) is 6.07. The second-order valence-electron chi connectivity index (χ2n) is 7.41. The highest BCUT2D eigenvalue weighted by Gasteiger charge is 2.54. The van der Waals surface area contributed by atoms with Crippen molar-refractivity contribution in [3.05, 3.63) is 29.3 Å². The Morgan fingerprint density at radius 1 is 1.23 bits per heavy atom. The van der Waals surface area contributed by atoms with Gasteiger partial charge in [0.25, 0.3) is 6.47 Å². The molecule has 1 unspecified atom stereocenters. The van der Waals surface area contributed by atoms with E-state index in [-0.39, 0.29) is 5.41 Å². The summed E-state index contributed by atoms with van der Waals surface area (Å²) in [4.78, 5) is 22.8. The van der Waals surface area contributed by atoms with Crippen molar-refractivity contribution < 1.29 is 14.3 Å². The summed E-state index contributed by atoms with van der Waals surface area (Å²) in [5, 5.41) is 0. The number of Topliss-reactive ketones (excluding diaryl/α,β-unsaturated/α-hetero) is 1. The van der Waals surface area contributed by atoms with Gasteiger partial charge in [0.15, 0.2) is 0 Å². The summed E-state index contributed by atoms with van der Waals surface area (Å²) in [7, 11) is 0. The molecule has 4 atom stereocenters. The van der Waals surface area contributed by atoms with E-state index >= 15 is 0 Å². The molecule has 0 heterocycles. The average Bonchev–Trinajstić information content (AvgIpc) is 2.83. The van der Waals surface area contributed by atoms with Crippen molar-refractivity contribution in [3.8, 4) is 5.75 Å². The van der Waals surface area contributed by atoms with Crippen LogP contribution in [0.3, 0.4) is 0 Å². The highest BCUT2D eigenvalue weighted by Crippen LogP contribution is 2.59. The highest BCUT2D eigenvalue weighted by molar-refractivity contribution is 5.87. The highest BCUT2D eigenvalue weighted by atomic mass is 16.5. The number of hydrogen-bond donors (Lipinski definition) is 0. The van der Waals surface area contributed by atoms with Crippen molar-refractivity contribution in [2.45, 2.75) is 51.4 Å². The van der Waals surface area contributed by atoms with E-state index in [4.69, 9.17) is 4.74 Å². The van der Waals surface area contributed by atoms with Crippen LogP contribution in [0.25, 0.3) is 0 Å². The van der Waals surface area contributed by atoms with E-state index in [1.54, 1.807) is 0 Å². The Balaban J connectivity index is 1.67. The minimum atomic E-state index is -0.0563. The molecule has 22 heavy (non-hydrogen) atoms. The van der Waals surface area contributed by atoms with E-state index in [2.05, 4.69) is 13.0 Å². The lowest BCUT2D eigenvalue weighted by molar-refractivity contribution is -0.129. The molecule has 2 saturated carbocycles. The molecule has 0 aromatic heterocycles. The van der Waals surface area contributed by atoms with Crippen LogP contribution >= 0.6 is 0 Å². The van der Waals surface area contributed by atoms with Gasteiger partial charge in [-0.05, 0) is 73.1 Å². The Bertz CT molecular complexity index is 636. The van der Waals surface area contributed by atoms with Gasteiger partial charge in [-0.15, -0.1) is 0 Å². The van der Waals surface area contributed by atoms with Crippen molar-refractivity contribution >= 4 is 12.3 Å². The fourth-order valence-corrected chi connectivity index (χ4v) is 5.46. The van der Waals surface area contributed by atoms with Crippen molar-refractivity contribution in [3.63, 3.8) is 0 Å². The van der Waals surface area contributed by atoms with E-state index in [0.717, 1.165) is 38.5 Å². The van der Waals surface area contributed by atoms with E-state index in [1.165, 1.54) is 11.1 Å². The molecule has 2 fully saturated rings. The molecule has 0 aliphatic heterocycles. The number of fused-ring (bicyclic) bond motifs is 5. The third-order valence-corrected chi connectivity index (χ3v) is 6.59. The number of hydrogen-bond acceptors (Lipinski definition) is 3. The summed E-state index contributed by atoms with van der Waals surface area (Å²) in [5.74, 6) is 2.94. The van der Waals surface area contributed by atoms with Gasteiger partial charge in [0.2, 0.25) is 0 Å².